The zero-order chi connectivity index (χ0) is 50.7. The molecule has 2 aliphatic heterocycles. The van der Waals surface area contributed by atoms with E-state index < -0.39 is 10.8 Å². The first-order chi connectivity index (χ1) is 38.2. The Labute approximate surface area is 448 Å². The maximum atomic E-state index is 6.73. The third kappa shape index (κ3) is 6.14. The quantitative estimate of drug-likeness (QED) is 0.166. The zero-order valence-electron chi connectivity index (χ0n) is 41.9. The van der Waals surface area contributed by atoms with Gasteiger partial charge in [0.05, 0.1) is 22.2 Å². The molecular weight excluding hydrogens is 935 g/mol. The Morgan fingerprint density at radius 2 is 0.571 bits per heavy atom. The molecule has 0 radical (unpaired) electrons. The predicted molar refractivity (Wildman–Crippen MR) is 312 cm³/mol. The van der Waals surface area contributed by atoms with Gasteiger partial charge in [0.25, 0.3) is 0 Å². The van der Waals surface area contributed by atoms with Crippen LogP contribution in [0.15, 0.2) is 285 Å². The number of anilines is 3. The van der Waals surface area contributed by atoms with Crippen LogP contribution in [0.1, 0.15) is 44.5 Å². The van der Waals surface area contributed by atoms with Gasteiger partial charge < -0.3 is 14.4 Å². The smallest absolute Gasteiger partial charge is 0.132 e. The van der Waals surface area contributed by atoms with Crippen molar-refractivity contribution >= 4 is 17.1 Å². The summed E-state index contributed by atoms with van der Waals surface area (Å²) in [6.07, 6.45) is 0. The van der Waals surface area contributed by atoms with Crippen molar-refractivity contribution in [2.75, 3.05) is 4.90 Å². The summed E-state index contributed by atoms with van der Waals surface area (Å²) in [7, 11) is 0. The van der Waals surface area contributed by atoms with E-state index in [2.05, 4.69) is 290 Å². The Morgan fingerprint density at radius 3 is 1.10 bits per heavy atom. The van der Waals surface area contributed by atoms with E-state index >= 15 is 0 Å². The van der Waals surface area contributed by atoms with Crippen LogP contribution < -0.4 is 14.4 Å². The van der Waals surface area contributed by atoms with Crippen molar-refractivity contribution in [3.8, 4) is 78.6 Å². The molecule has 77 heavy (non-hydrogen) atoms. The SMILES string of the molecule is c1ccc(-c2ccc(N(c3ccccc3-c3ccc4c(c3)-c3ccccc3C43c4ccccc4Oc4ccccc43)c3ccccc3-c3ccc4c(c3)C3(c5ccccc5Oc5ccccc53)c3ccccc3-4)cc2)cc1. The van der Waals surface area contributed by atoms with Gasteiger partial charge in [-0.2, -0.15) is 0 Å². The predicted octanol–water partition coefficient (Wildman–Crippen LogP) is 19.1. The standard InChI is InChI=1S/C74H47NO2/c1-2-20-48(21-3-1)49-38-42-52(43-39-49)75(67-32-14-6-22-53(67)50-41-45-61-58(46-50)56-25-5-9-27-60(56)73(61)62-28-10-16-34-69(62)76-70-35-17-11-29-63(70)73)68-33-15-7-23-54(68)51-40-44-57-55-24-4-8-26-59(55)74(66(57)47-51)64-30-12-18-36-71(64)77-72-37-19-13-31-65(72)74/h1-47H. The molecule has 2 spiro atoms. The topological polar surface area (TPSA) is 21.7 Å². The minimum atomic E-state index is -0.596. The zero-order valence-corrected chi connectivity index (χ0v) is 41.9. The number of fused-ring (bicyclic) bond motifs is 18. The van der Waals surface area contributed by atoms with Crippen LogP contribution in [0.5, 0.6) is 23.0 Å². The fourth-order valence-corrected chi connectivity index (χ4v) is 13.7. The van der Waals surface area contributed by atoms with Crippen LogP contribution in [-0.4, -0.2) is 0 Å². The fourth-order valence-electron chi connectivity index (χ4n) is 13.7. The lowest BCUT2D eigenvalue weighted by molar-refractivity contribution is 0.436. The van der Waals surface area contributed by atoms with Crippen LogP contribution >= 0.6 is 0 Å². The van der Waals surface area contributed by atoms with Gasteiger partial charge >= 0.3 is 0 Å². The van der Waals surface area contributed by atoms with Gasteiger partial charge in [0.2, 0.25) is 0 Å². The molecule has 12 aromatic carbocycles. The Bertz CT molecular complexity index is 4270. The van der Waals surface area contributed by atoms with Gasteiger partial charge in [0, 0.05) is 39.1 Å². The van der Waals surface area contributed by atoms with Gasteiger partial charge in [-0.1, -0.05) is 224 Å². The molecule has 360 valence electrons. The fraction of sp³-hybridized carbons (Fsp3) is 0.0270. The second-order valence-electron chi connectivity index (χ2n) is 20.6. The van der Waals surface area contributed by atoms with Gasteiger partial charge in [-0.05, 0) is 127 Å². The number of hydrogen-bond acceptors (Lipinski definition) is 3. The van der Waals surface area contributed by atoms with E-state index in [1.165, 1.54) is 55.6 Å². The second kappa shape index (κ2) is 16.8. The molecule has 0 saturated heterocycles. The van der Waals surface area contributed by atoms with Gasteiger partial charge in [-0.15, -0.1) is 0 Å². The Hall–Kier alpha value is -9.96. The number of rotatable bonds is 6. The van der Waals surface area contributed by atoms with Crippen LogP contribution in [-0.2, 0) is 10.8 Å². The molecule has 3 nitrogen and oxygen atoms in total. The van der Waals surface area contributed by atoms with Crippen molar-refractivity contribution in [2.45, 2.75) is 10.8 Å². The minimum absolute atomic E-state index is 0.550. The first-order valence-corrected chi connectivity index (χ1v) is 26.6. The van der Waals surface area contributed by atoms with Gasteiger partial charge in [-0.25, -0.2) is 0 Å². The molecule has 0 amide bonds. The van der Waals surface area contributed by atoms with Crippen LogP contribution in [0.25, 0.3) is 55.6 Å². The molecule has 2 aliphatic carbocycles. The summed E-state index contributed by atoms with van der Waals surface area (Å²) < 4.78 is 13.4. The minimum Gasteiger partial charge on any atom is -0.457 e. The summed E-state index contributed by atoms with van der Waals surface area (Å²) in [5.41, 5.74) is 23.5. The number of para-hydroxylation sites is 6. The molecule has 0 saturated carbocycles. The Balaban J connectivity index is 0.904. The van der Waals surface area contributed by atoms with Crippen molar-refractivity contribution in [2.24, 2.45) is 0 Å². The maximum Gasteiger partial charge on any atom is 0.132 e. The van der Waals surface area contributed by atoms with Crippen LogP contribution in [0, 0.1) is 0 Å². The summed E-state index contributed by atoms with van der Waals surface area (Å²) in [4.78, 5) is 2.48. The summed E-state index contributed by atoms with van der Waals surface area (Å²) in [6.45, 7) is 0. The maximum absolute atomic E-state index is 6.73. The third-order valence-corrected chi connectivity index (χ3v) is 16.8. The highest BCUT2D eigenvalue weighted by Crippen LogP contribution is 2.64. The van der Waals surface area contributed by atoms with Crippen LogP contribution in [0.4, 0.5) is 17.1 Å². The molecule has 0 atom stereocenters. The average molecular weight is 982 g/mol. The van der Waals surface area contributed by atoms with Crippen molar-refractivity contribution in [1.29, 1.82) is 0 Å². The molecule has 12 aromatic rings. The monoisotopic (exact) mass is 981 g/mol. The molecule has 0 bridgehead atoms. The van der Waals surface area contributed by atoms with Crippen molar-refractivity contribution in [1.82, 2.24) is 0 Å². The number of hydrogen-bond donors (Lipinski definition) is 0. The van der Waals surface area contributed by atoms with Gasteiger partial charge in [0.15, 0.2) is 0 Å². The first-order valence-electron chi connectivity index (χ1n) is 26.6. The van der Waals surface area contributed by atoms with Gasteiger partial charge in [-0.3, -0.25) is 0 Å². The molecule has 0 aromatic heterocycles. The number of benzene rings is 12. The highest BCUT2D eigenvalue weighted by Gasteiger charge is 2.52. The molecule has 16 rings (SSSR count). The summed E-state index contributed by atoms with van der Waals surface area (Å²) >= 11 is 0. The van der Waals surface area contributed by atoms with E-state index in [1.54, 1.807) is 0 Å². The van der Waals surface area contributed by atoms with Crippen molar-refractivity contribution in [3.05, 3.63) is 330 Å². The molecule has 4 aliphatic rings. The first kappa shape index (κ1) is 43.4. The van der Waals surface area contributed by atoms with E-state index in [4.69, 9.17) is 9.47 Å². The normalized spacial score (nSPS) is 13.9. The van der Waals surface area contributed by atoms with Crippen molar-refractivity contribution in [3.63, 3.8) is 0 Å². The average Bonchev–Trinajstić information content (AvgIpc) is 4.20. The molecular formula is C74H47NO2. The van der Waals surface area contributed by atoms with E-state index in [0.717, 1.165) is 84.6 Å². The van der Waals surface area contributed by atoms with Crippen LogP contribution in [0.2, 0.25) is 0 Å². The van der Waals surface area contributed by atoms with E-state index in [-0.39, 0.29) is 0 Å². The van der Waals surface area contributed by atoms with E-state index in [9.17, 15) is 0 Å². The summed E-state index contributed by atoms with van der Waals surface area (Å²) in [5, 5.41) is 0. The Kier molecular flexibility index (Phi) is 9.47. The Morgan fingerprint density at radius 1 is 0.221 bits per heavy atom. The van der Waals surface area contributed by atoms with Crippen LogP contribution in [0.3, 0.4) is 0 Å². The van der Waals surface area contributed by atoms with E-state index in [1.807, 2.05) is 0 Å². The summed E-state index contributed by atoms with van der Waals surface area (Å²) in [5.74, 6) is 3.55. The van der Waals surface area contributed by atoms with Gasteiger partial charge in [0.1, 0.15) is 23.0 Å². The molecule has 3 heteroatoms. The van der Waals surface area contributed by atoms with E-state index in [0.29, 0.717) is 0 Å². The number of nitrogens with zero attached hydrogens (tertiary/aromatic N) is 1. The van der Waals surface area contributed by atoms with Crippen molar-refractivity contribution < 1.29 is 9.47 Å². The highest BCUT2D eigenvalue weighted by atomic mass is 16.5. The molecule has 0 fully saturated rings. The number of ether oxygens (including phenoxy) is 2. The largest absolute Gasteiger partial charge is 0.457 e. The lowest BCUT2D eigenvalue weighted by Gasteiger charge is -2.39. The molecule has 0 N–H and O–H groups in total. The lowest BCUT2D eigenvalue weighted by atomic mass is 9.66. The molecule has 2 heterocycles. The lowest BCUT2D eigenvalue weighted by Crippen LogP contribution is -2.32. The molecule has 0 unspecified atom stereocenters. The third-order valence-electron chi connectivity index (χ3n) is 16.8. The summed E-state index contributed by atoms with van der Waals surface area (Å²) in [6, 6.07) is 104. The highest BCUT2D eigenvalue weighted by molar-refractivity contribution is 5.98. The second-order valence-corrected chi connectivity index (χ2v) is 20.6.